The van der Waals surface area contributed by atoms with Crippen LogP contribution in [0.25, 0.3) is 0 Å². The Morgan fingerprint density at radius 1 is 1.33 bits per heavy atom. The quantitative estimate of drug-likeness (QED) is 0.813. The third kappa shape index (κ3) is 3.70. The van der Waals surface area contributed by atoms with Gasteiger partial charge in [-0.05, 0) is 18.2 Å². The lowest BCUT2D eigenvalue weighted by atomic mass is 10.2. The summed E-state index contributed by atoms with van der Waals surface area (Å²) in [6, 6.07) is 2.23. The third-order valence-corrected chi connectivity index (χ3v) is 4.12. The zero-order chi connectivity index (χ0) is 15.6. The van der Waals surface area contributed by atoms with E-state index in [1.807, 2.05) is 0 Å². The Labute approximate surface area is 123 Å². The number of aliphatic hydroxyl groups excluding tert-OH is 1. The highest BCUT2D eigenvalue weighted by Gasteiger charge is 2.38. The van der Waals surface area contributed by atoms with E-state index in [0.717, 1.165) is 28.8 Å². The Hall–Kier alpha value is -1.67. The average Bonchev–Trinajstić information content (AvgIpc) is 2.82. The maximum absolute atomic E-state index is 13.0. The number of amides is 1. The van der Waals surface area contributed by atoms with E-state index in [4.69, 9.17) is 5.11 Å². The second kappa shape index (κ2) is 6.40. The molecule has 0 aromatic heterocycles. The minimum absolute atomic E-state index is 0.00306. The minimum Gasteiger partial charge on any atom is -0.480 e. The van der Waals surface area contributed by atoms with Gasteiger partial charge >= 0.3 is 5.97 Å². The van der Waals surface area contributed by atoms with E-state index < -0.39 is 35.7 Å². The van der Waals surface area contributed by atoms with Crippen LogP contribution in [0.1, 0.15) is 6.42 Å². The van der Waals surface area contributed by atoms with Gasteiger partial charge in [0.25, 0.3) is 0 Å². The average molecular weight is 317 g/mol. The van der Waals surface area contributed by atoms with Crippen molar-refractivity contribution in [2.75, 3.05) is 12.3 Å². The molecule has 1 aromatic rings. The molecule has 1 amide bonds. The zero-order valence-corrected chi connectivity index (χ0v) is 11.6. The predicted molar refractivity (Wildman–Crippen MR) is 70.8 cm³/mol. The van der Waals surface area contributed by atoms with Crippen molar-refractivity contribution in [3.63, 3.8) is 0 Å². The Morgan fingerprint density at radius 3 is 2.67 bits per heavy atom. The summed E-state index contributed by atoms with van der Waals surface area (Å²) in [7, 11) is 0. The number of carboxylic acid groups (broad SMARTS) is 1. The van der Waals surface area contributed by atoms with Gasteiger partial charge in [-0.1, -0.05) is 0 Å². The number of hydrogen-bond donors (Lipinski definition) is 2. The Balaban J connectivity index is 1.97. The Morgan fingerprint density at radius 2 is 2.05 bits per heavy atom. The normalized spacial score (nSPS) is 21.6. The van der Waals surface area contributed by atoms with Crippen molar-refractivity contribution in [1.82, 2.24) is 4.90 Å². The van der Waals surface area contributed by atoms with Crippen molar-refractivity contribution in [2.24, 2.45) is 0 Å². The molecule has 114 valence electrons. The van der Waals surface area contributed by atoms with Crippen LogP contribution >= 0.6 is 11.8 Å². The minimum atomic E-state index is -1.17. The monoisotopic (exact) mass is 317 g/mol. The highest BCUT2D eigenvalue weighted by molar-refractivity contribution is 8.00. The summed E-state index contributed by atoms with van der Waals surface area (Å²) >= 11 is 0.981. The number of aliphatic carboxylic acids is 1. The molecule has 8 heteroatoms. The molecule has 1 heterocycles. The van der Waals surface area contributed by atoms with E-state index in [0.29, 0.717) is 4.90 Å². The van der Waals surface area contributed by atoms with E-state index in [1.165, 1.54) is 6.07 Å². The number of β-amino-alcohol motifs (C(OH)–C–C–N with tert-alkyl or cyclic N) is 1. The number of thioether (sulfide) groups is 1. The Kier molecular flexibility index (Phi) is 4.79. The Bertz CT molecular complexity index is 569. The molecule has 1 aliphatic heterocycles. The number of nitrogens with zero attached hydrogens (tertiary/aromatic N) is 1. The summed E-state index contributed by atoms with van der Waals surface area (Å²) in [5.74, 6) is -3.72. The molecule has 1 fully saturated rings. The van der Waals surface area contributed by atoms with Crippen molar-refractivity contribution in [3.05, 3.63) is 29.8 Å². The summed E-state index contributed by atoms with van der Waals surface area (Å²) in [5.41, 5.74) is 0. The van der Waals surface area contributed by atoms with Gasteiger partial charge in [-0.3, -0.25) is 4.79 Å². The van der Waals surface area contributed by atoms with Crippen LogP contribution in [0.3, 0.4) is 0 Å². The molecule has 5 nitrogen and oxygen atoms in total. The number of halogens is 2. The number of benzene rings is 1. The van der Waals surface area contributed by atoms with Gasteiger partial charge in [0.1, 0.15) is 6.04 Å². The molecule has 1 saturated heterocycles. The van der Waals surface area contributed by atoms with Crippen molar-refractivity contribution < 1.29 is 28.6 Å². The van der Waals surface area contributed by atoms with Crippen LogP contribution in [-0.2, 0) is 9.59 Å². The summed E-state index contributed by atoms with van der Waals surface area (Å²) in [6.07, 6.45) is -0.861. The lowest BCUT2D eigenvalue weighted by molar-refractivity contribution is -0.147. The first kappa shape index (κ1) is 15.7. The molecular formula is C13H13F2NO4S. The van der Waals surface area contributed by atoms with Gasteiger partial charge in [-0.25, -0.2) is 13.6 Å². The van der Waals surface area contributed by atoms with Crippen LogP contribution in [0.2, 0.25) is 0 Å². The lowest BCUT2D eigenvalue weighted by Gasteiger charge is -2.20. The largest absolute Gasteiger partial charge is 0.480 e. The highest BCUT2D eigenvalue weighted by atomic mass is 32.2. The first-order valence-corrected chi connectivity index (χ1v) is 7.15. The molecule has 2 rings (SSSR count). The number of likely N-dealkylation sites (tertiary alicyclic amines) is 1. The number of carbonyl (C=O) groups is 2. The molecule has 0 bridgehead atoms. The molecule has 1 aliphatic rings. The summed E-state index contributed by atoms with van der Waals surface area (Å²) in [4.78, 5) is 24.5. The molecule has 21 heavy (non-hydrogen) atoms. The van der Waals surface area contributed by atoms with Crippen LogP contribution in [0.5, 0.6) is 0 Å². The van der Waals surface area contributed by atoms with E-state index in [2.05, 4.69) is 0 Å². The number of aliphatic hydroxyl groups is 1. The third-order valence-electron chi connectivity index (χ3n) is 3.14. The van der Waals surface area contributed by atoms with Crippen molar-refractivity contribution >= 4 is 23.6 Å². The molecule has 0 spiro atoms. The van der Waals surface area contributed by atoms with Gasteiger partial charge in [0, 0.05) is 17.9 Å². The van der Waals surface area contributed by atoms with Gasteiger partial charge in [-0.2, -0.15) is 0 Å². The SMILES string of the molecule is O=C(O)[C@H]1C[C@@H](O)CN1C(=O)CSc1ccc(F)c(F)c1. The van der Waals surface area contributed by atoms with Crippen LogP contribution in [-0.4, -0.2) is 51.4 Å². The van der Waals surface area contributed by atoms with Gasteiger partial charge in [-0.15, -0.1) is 11.8 Å². The van der Waals surface area contributed by atoms with E-state index in [-0.39, 0.29) is 18.7 Å². The number of rotatable bonds is 4. The standard InChI is InChI=1S/C13H13F2NO4S/c14-9-2-1-8(4-10(9)15)21-6-12(18)16-5-7(17)3-11(16)13(19)20/h1-2,4,7,11,17H,3,5-6H2,(H,19,20)/t7-,11-/m1/s1. The summed E-state index contributed by atoms with van der Waals surface area (Å²) in [6.45, 7) is -0.0336. The predicted octanol–water partition coefficient (Wildman–Crippen LogP) is 1.10. The lowest BCUT2D eigenvalue weighted by Crippen LogP contribution is -2.41. The van der Waals surface area contributed by atoms with E-state index in [9.17, 15) is 23.5 Å². The highest BCUT2D eigenvalue weighted by Crippen LogP contribution is 2.24. The van der Waals surface area contributed by atoms with Crippen LogP contribution in [0.15, 0.2) is 23.1 Å². The van der Waals surface area contributed by atoms with Crippen molar-refractivity contribution in [1.29, 1.82) is 0 Å². The first-order chi connectivity index (χ1) is 9.88. The van der Waals surface area contributed by atoms with Gasteiger partial charge < -0.3 is 15.1 Å². The number of hydrogen-bond acceptors (Lipinski definition) is 4. The maximum atomic E-state index is 13.0. The molecule has 0 aliphatic carbocycles. The summed E-state index contributed by atoms with van der Waals surface area (Å²) < 4.78 is 25.8. The topological polar surface area (TPSA) is 77.8 Å². The second-order valence-electron chi connectivity index (χ2n) is 4.65. The molecule has 0 unspecified atom stereocenters. The molecule has 1 aromatic carbocycles. The second-order valence-corrected chi connectivity index (χ2v) is 5.70. The molecule has 2 atom stereocenters. The van der Waals surface area contributed by atoms with Crippen LogP contribution in [0, 0.1) is 11.6 Å². The molecule has 0 saturated carbocycles. The first-order valence-electron chi connectivity index (χ1n) is 6.16. The maximum Gasteiger partial charge on any atom is 0.326 e. The molecular weight excluding hydrogens is 304 g/mol. The van der Waals surface area contributed by atoms with Crippen molar-refractivity contribution in [2.45, 2.75) is 23.5 Å². The van der Waals surface area contributed by atoms with Gasteiger partial charge in [0.15, 0.2) is 11.6 Å². The zero-order valence-electron chi connectivity index (χ0n) is 10.8. The summed E-state index contributed by atoms with van der Waals surface area (Å²) in [5, 5.41) is 18.5. The number of carbonyl (C=O) groups excluding carboxylic acids is 1. The fraction of sp³-hybridized carbons (Fsp3) is 0.385. The van der Waals surface area contributed by atoms with Gasteiger partial charge in [0.05, 0.1) is 11.9 Å². The van der Waals surface area contributed by atoms with Crippen LogP contribution in [0.4, 0.5) is 8.78 Å². The molecule has 0 radical (unpaired) electrons. The van der Waals surface area contributed by atoms with Crippen molar-refractivity contribution in [3.8, 4) is 0 Å². The fourth-order valence-electron chi connectivity index (χ4n) is 2.12. The van der Waals surface area contributed by atoms with Crippen LogP contribution < -0.4 is 0 Å². The van der Waals surface area contributed by atoms with Gasteiger partial charge in [0.2, 0.25) is 5.91 Å². The van der Waals surface area contributed by atoms with E-state index >= 15 is 0 Å². The smallest absolute Gasteiger partial charge is 0.326 e. The molecule has 2 N–H and O–H groups in total. The fourth-order valence-corrected chi connectivity index (χ4v) is 2.93. The number of carboxylic acids is 1. The van der Waals surface area contributed by atoms with E-state index in [1.54, 1.807) is 0 Å².